The van der Waals surface area contributed by atoms with Crippen molar-refractivity contribution >= 4 is 0 Å². The van der Waals surface area contributed by atoms with Gasteiger partial charge in [0.25, 0.3) is 0 Å². The van der Waals surface area contributed by atoms with Gasteiger partial charge in [0.2, 0.25) is 0 Å². The van der Waals surface area contributed by atoms with Gasteiger partial charge < -0.3 is 9.30 Å². The zero-order chi connectivity index (χ0) is 22.4. The van der Waals surface area contributed by atoms with Crippen LogP contribution >= 0.6 is 0 Å². The Labute approximate surface area is 173 Å². The van der Waals surface area contributed by atoms with E-state index in [-0.39, 0.29) is 17.1 Å². The van der Waals surface area contributed by atoms with Crippen molar-refractivity contribution < 1.29 is 31.1 Å². The number of hydrogen-bond acceptors (Lipinski definition) is 3. The largest absolute Gasteiger partial charge is 0.479 e. The van der Waals surface area contributed by atoms with Gasteiger partial charge >= 0.3 is 12.4 Å². The highest BCUT2D eigenvalue weighted by Crippen LogP contribution is 2.46. The molecule has 164 valence electrons. The second-order valence-electron chi connectivity index (χ2n) is 7.42. The minimum Gasteiger partial charge on any atom is -0.479 e. The Morgan fingerprint density at radius 2 is 1.52 bits per heavy atom. The lowest BCUT2D eigenvalue weighted by molar-refractivity contribution is -0.138. The summed E-state index contributed by atoms with van der Waals surface area (Å²) in [6, 6.07) is 9.36. The summed E-state index contributed by atoms with van der Waals surface area (Å²) >= 11 is 0. The molecule has 0 amide bonds. The van der Waals surface area contributed by atoms with Crippen LogP contribution < -0.4 is 4.74 Å². The quantitative estimate of drug-likeness (QED) is 0.468. The first-order chi connectivity index (χ1) is 14.5. The fourth-order valence-electron chi connectivity index (χ4n) is 3.69. The van der Waals surface area contributed by atoms with E-state index in [0.717, 1.165) is 24.6 Å². The summed E-state index contributed by atoms with van der Waals surface area (Å²) in [6.45, 7) is 0. The molecule has 1 aliphatic rings. The summed E-state index contributed by atoms with van der Waals surface area (Å²) in [7, 11) is 1.55. The third kappa shape index (κ3) is 3.86. The van der Waals surface area contributed by atoms with Crippen LogP contribution in [0, 0.1) is 0 Å². The maximum Gasteiger partial charge on any atom is 0.417 e. The van der Waals surface area contributed by atoms with E-state index in [4.69, 9.17) is 4.74 Å². The zero-order valence-electron chi connectivity index (χ0n) is 16.3. The molecule has 0 radical (unpaired) electrons. The van der Waals surface area contributed by atoms with Gasteiger partial charge in [-0.2, -0.15) is 26.3 Å². The highest BCUT2D eigenvalue weighted by molar-refractivity contribution is 5.61. The Morgan fingerprint density at radius 3 is 2.06 bits per heavy atom. The predicted molar refractivity (Wildman–Crippen MR) is 99.0 cm³/mol. The van der Waals surface area contributed by atoms with Crippen molar-refractivity contribution in [2.45, 2.75) is 37.2 Å². The first kappa shape index (κ1) is 21.2. The van der Waals surface area contributed by atoms with Crippen LogP contribution in [0.1, 0.15) is 36.2 Å². The Bertz CT molecular complexity index is 1080. The van der Waals surface area contributed by atoms with Gasteiger partial charge in [0, 0.05) is 12.6 Å². The first-order valence-corrected chi connectivity index (χ1v) is 9.44. The fourth-order valence-corrected chi connectivity index (χ4v) is 3.69. The minimum atomic E-state index is -4.56. The van der Waals surface area contributed by atoms with E-state index in [0.29, 0.717) is 18.7 Å². The van der Waals surface area contributed by atoms with E-state index in [2.05, 4.69) is 10.2 Å². The van der Waals surface area contributed by atoms with E-state index >= 15 is 0 Å². The van der Waals surface area contributed by atoms with Crippen LogP contribution in [-0.2, 0) is 25.0 Å². The van der Waals surface area contributed by atoms with Gasteiger partial charge in [0.15, 0.2) is 17.2 Å². The van der Waals surface area contributed by atoms with Crippen LogP contribution in [0.5, 0.6) is 5.75 Å². The van der Waals surface area contributed by atoms with Crippen LogP contribution in [0.25, 0.3) is 11.4 Å². The fraction of sp³-hybridized carbons (Fsp3) is 0.333. The molecule has 1 saturated carbocycles. The lowest BCUT2D eigenvalue weighted by Crippen LogP contribution is -2.42. The maximum atomic E-state index is 13.4. The normalized spacial score (nSPS) is 16.1. The number of halogens is 6. The zero-order valence-corrected chi connectivity index (χ0v) is 16.3. The summed E-state index contributed by atoms with van der Waals surface area (Å²) in [5.74, 6) is 0.573. The molecule has 1 fully saturated rings. The SMILES string of the molecule is Cn1c(-c2ccccc2C(F)(F)F)nnc1C1(Oc2ccc(C(F)(F)F)cc2)CCC1. The van der Waals surface area contributed by atoms with Gasteiger partial charge in [-0.05, 0) is 49.6 Å². The molecule has 0 saturated heterocycles. The van der Waals surface area contributed by atoms with E-state index in [9.17, 15) is 26.3 Å². The number of aromatic nitrogens is 3. The Morgan fingerprint density at radius 1 is 0.871 bits per heavy atom. The van der Waals surface area contributed by atoms with Crippen molar-refractivity contribution in [3.05, 3.63) is 65.5 Å². The van der Waals surface area contributed by atoms with E-state index < -0.39 is 29.1 Å². The minimum absolute atomic E-state index is 0.0326. The molecule has 0 spiro atoms. The van der Waals surface area contributed by atoms with Gasteiger partial charge in [-0.1, -0.05) is 18.2 Å². The lowest BCUT2D eigenvalue weighted by Gasteiger charge is -2.40. The molecular formula is C21H17F6N3O. The molecule has 2 aromatic carbocycles. The molecular weight excluding hydrogens is 424 g/mol. The summed E-state index contributed by atoms with van der Waals surface area (Å²) in [5.41, 5.74) is -2.71. The van der Waals surface area contributed by atoms with Crippen molar-refractivity contribution in [3.8, 4) is 17.1 Å². The summed E-state index contributed by atoms with van der Waals surface area (Å²) in [6.07, 6.45) is -7.21. The first-order valence-electron chi connectivity index (χ1n) is 9.44. The average molecular weight is 441 g/mol. The van der Waals surface area contributed by atoms with Crippen molar-refractivity contribution in [1.29, 1.82) is 0 Å². The standard InChI is InChI=1S/C21H17F6N3O/c1-30-17(15-5-2-3-6-16(15)21(25,26)27)28-29-18(30)19(11-4-12-19)31-14-9-7-13(8-10-14)20(22,23)24/h2-3,5-10H,4,11-12H2,1H3. The molecule has 0 aliphatic heterocycles. The van der Waals surface area contributed by atoms with Gasteiger partial charge in [-0.15, -0.1) is 10.2 Å². The second-order valence-corrected chi connectivity index (χ2v) is 7.42. The second kappa shape index (κ2) is 7.28. The Balaban J connectivity index is 1.68. The van der Waals surface area contributed by atoms with Gasteiger partial charge in [-0.3, -0.25) is 0 Å². The summed E-state index contributed by atoms with van der Waals surface area (Å²) in [4.78, 5) is 0. The monoisotopic (exact) mass is 441 g/mol. The van der Waals surface area contributed by atoms with Crippen LogP contribution in [0.4, 0.5) is 26.3 Å². The maximum absolute atomic E-state index is 13.4. The lowest BCUT2D eigenvalue weighted by atomic mass is 9.79. The third-order valence-corrected chi connectivity index (χ3v) is 5.41. The van der Waals surface area contributed by atoms with Crippen LogP contribution in [0.2, 0.25) is 0 Å². The van der Waals surface area contributed by atoms with Gasteiger partial charge in [0.05, 0.1) is 11.1 Å². The number of alkyl halides is 6. The molecule has 3 aromatic rings. The number of nitrogens with zero attached hydrogens (tertiary/aromatic N) is 3. The summed E-state index contributed by atoms with van der Waals surface area (Å²) in [5, 5.41) is 8.08. The molecule has 1 aliphatic carbocycles. The molecule has 0 unspecified atom stereocenters. The topological polar surface area (TPSA) is 39.9 Å². The smallest absolute Gasteiger partial charge is 0.417 e. The number of rotatable bonds is 4. The highest BCUT2D eigenvalue weighted by atomic mass is 19.4. The van der Waals surface area contributed by atoms with E-state index in [1.54, 1.807) is 7.05 Å². The number of benzene rings is 2. The molecule has 0 N–H and O–H groups in total. The summed E-state index contributed by atoms with van der Waals surface area (Å²) < 4.78 is 86.1. The molecule has 4 nitrogen and oxygen atoms in total. The van der Waals surface area contributed by atoms with Crippen LogP contribution in [0.15, 0.2) is 48.5 Å². The van der Waals surface area contributed by atoms with Crippen molar-refractivity contribution in [3.63, 3.8) is 0 Å². The van der Waals surface area contributed by atoms with E-state index in [1.165, 1.54) is 34.9 Å². The van der Waals surface area contributed by atoms with E-state index in [1.807, 2.05) is 0 Å². The van der Waals surface area contributed by atoms with Crippen molar-refractivity contribution in [2.24, 2.45) is 7.05 Å². The molecule has 1 heterocycles. The number of ether oxygens (including phenoxy) is 1. The molecule has 4 rings (SSSR count). The third-order valence-electron chi connectivity index (χ3n) is 5.41. The van der Waals surface area contributed by atoms with Gasteiger partial charge in [0.1, 0.15) is 5.75 Å². The predicted octanol–water partition coefficient (Wildman–Crippen LogP) is 5.98. The molecule has 1 aromatic heterocycles. The number of hydrogen-bond donors (Lipinski definition) is 0. The van der Waals surface area contributed by atoms with Crippen LogP contribution in [-0.4, -0.2) is 14.8 Å². The molecule has 10 heteroatoms. The molecule has 31 heavy (non-hydrogen) atoms. The van der Waals surface area contributed by atoms with Gasteiger partial charge in [-0.25, -0.2) is 0 Å². The van der Waals surface area contributed by atoms with Crippen LogP contribution in [0.3, 0.4) is 0 Å². The molecule has 0 atom stereocenters. The van der Waals surface area contributed by atoms with Crippen molar-refractivity contribution in [2.75, 3.05) is 0 Å². The average Bonchev–Trinajstić information content (AvgIpc) is 3.05. The Kier molecular flexibility index (Phi) is 4.98. The molecule has 0 bridgehead atoms. The highest BCUT2D eigenvalue weighted by Gasteiger charge is 2.46. The Hall–Kier alpha value is -3.04. The van der Waals surface area contributed by atoms with Crippen molar-refractivity contribution in [1.82, 2.24) is 14.8 Å².